The van der Waals surface area contributed by atoms with Crippen LogP contribution in [0.25, 0.3) is 11.0 Å². The van der Waals surface area contributed by atoms with Gasteiger partial charge in [0.1, 0.15) is 6.54 Å². The number of aromatic amines is 1. The zero-order chi connectivity index (χ0) is 17.9. The molecule has 0 spiro atoms. The summed E-state index contributed by atoms with van der Waals surface area (Å²) in [6.45, 7) is 0.0848. The molecule has 1 atom stereocenters. The predicted molar refractivity (Wildman–Crippen MR) is 102 cm³/mol. The smallest absolute Gasteiger partial charge is 0.240 e. The topological polar surface area (TPSA) is 78.1 Å². The average molecular weight is 366 g/mol. The van der Waals surface area contributed by atoms with E-state index >= 15 is 0 Å². The summed E-state index contributed by atoms with van der Waals surface area (Å²) in [5, 5.41) is 3.08. The SMILES string of the molecule is O=C(CN1CSCC1=O)N[C@@H](c1ccccc1)c1ccc2nc[nH]c2c1. The second-order valence-corrected chi connectivity index (χ2v) is 7.11. The Morgan fingerprint density at radius 2 is 2.08 bits per heavy atom. The highest BCUT2D eigenvalue weighted by Gasteiger charge is 2.25. The van der Waals surface area contributed by atoms with E-state index in [4.69, 9.17) is 0 Å². The number of hydrogen-bond donors (Lipinski definition) is 2. The molecule has 3 aromatic rings. The molecular weight excluding hydrogens is 348 g/mol. The van der Waals surface area contributed by atoms with Crippen molar-refractivity contribution in [1.82, 2.24) is 20.2 Å². The Bertz CT molecular complexity index is 941. The van der Waals surface area contributed by atoms with Gasteiger partial charge in [-0.3, -0.25) is 9.59 Å². The molecule has 1 aliphatic rings. The number of nitrogens with zero attached hydrogens (tertiary/aromatic N) is 2. The summed E-state index contributed by atoms with van der Waals surface area (Å²) in [5.41, 5.74) is 3.75. The normalized spacial score (nSPS) is 15.4. The van der Waals surface area contributed by atoms with E-state index in [1.54, 1.807) is 11.2 Å². The molecule has 0 radical (unpaired) electrons. The molecule has 2 amide bonds. The fourth-order valence-corrected chi connectivity index (χ4v) is 3.96. The van der Waals surface area contributed by atoms with Gasteiger partial charge in [-0.05, 0) is 23.3 Å². The standard InChI is InChI=1S/C19H18N4O2S/c24-17(9-23-12-26-10-18(23)25)22-19(13-4-2-1-3-5-13)14-6-7-15-16(8-14)21-11-20-15/h1-8,11,19H,9-10,12H2,(H,20,21)(H,22,24)/t19-/m0/s1. The van der Waals surface area contributed by atoms with Crippen molar-refractivity contribution < 1.29 is 9.59 Å². The molecular formula is C19H18N4O2S. The number of imidazole rings is 1. The molecule has 4 rings (SSSR count). The van der Waals surface area contributed by atoms with Crippen molar-refractivity contribution in [2.24, 2.45) is 0 Å². The molecule has 26 heavy (non-hydrogen) atoms. The lowest BCUT2D eigenvalue weighted by atomic mass is 9.98. The first kappa shape index (κ1) is 16.7. The van der Waals surface area contributed by atoms with Crippen LogP contribution in [0.1, 0.15) is 17.2 Å². The van der Waals surface area contributed by atoms with E-state index in [1.807, 2.05) is 48.5 Å². The third-order valence-corrected chi connectivity index (χ3v) is 5.32. The highest BCUT2D eigenvalue weighted by Crippen LogP contribution is 2.25. The minimum atomic E-state index is -0.290. The number of carbonyl (C=O) groups is 2. The molecule has 1 saturated heterocycles. The van der Waals surface area contributed by atoms with Gasteiger partial charge in [-0.1, -0.05) is 36.4 Å². The Morgan fingerprint density at radius 3 is 2.85 bits per heavy atom. The third-order valence-electron chi connectivity index (χ3n) is 4.38. The Morgan fingerprint density at radius 1 is 1.23 bits per heavy atom. The summed E-state index contributed by atoms with van der Waals surface area (Å²) in [6, 6.07) is 15.4. The maximum Gasteiger partial charge on any atom is 0.240 e. The van der Waals surface area contributed by atoms with Crippen LogP contribution in [0.2, 0.25) is 0 Å². The lowest BCUT2D eigenvalue weighted by molar-refractivity contribution is -0.132. The summed E-state index contributed by atoms with van der Waals surface area (Å²) in [4.78, 5) is 33.3. The van der Waals surface area contributed by atoms with Crippen LogP contribution >= 0.6 is 11.8 Å². The van der Waals surface area contributed by atoms with Crippen LogP contribution in [0.15, 0.2) is 54.9 Å². The van der Waals surface area contributed by atoms with Crippen molar-refractivity contribution in [2.45, 2.75) is 6.04 Å². The fourth-order valence-electron chi connectivity index (χ4n) is 3.06. The summed E-state index contributed by atoms with van der Waals surface area (Å²) in [6.07, 6.45) is 1.65. The van der Waals surface area contributed by atoms with Gasteiger partial charge in [-0.25, -0.2) is 4.98 Å². The monoisotopic (exact) mass is 366 g/mol. The van der Waals surface area contributed by atoms with Gasteiger partial charge in [0.25, 0.3) is 0 Å². The van der Waals surface area contributed by atoms with Crippen LogP contribution < -0.4 is 5.32 Å². The molecule has 0 saturated carbocycles. The average Bonchev–Trinajstić information content (AvgIpc) is 3.29. The number of thioether (sulfide) groups is 1. The first-order valence-electron chi connectivity index (χ1n) is 8.33. The largest absolute Gasteiger partial charge is 0.345 e. The Kier molecular flexibility index (Phi) is 4.62. The highest BCUT2D eigenvalue weighted by atomic mass is 32.2. The van der Waals surface area contributed by atoms with Crippen molar-refractivity contribution in [2.75, 3.05) is 18.2 Å². The number of benzene rings is 2. The zero-order valence-corrected chi connectivity index (χ0v) is 14.8. The Labute approximate surface area is 155 Å². The van der Waals surface area contributed by atoms with Crippen LogP contribution in [0.3, 0.4) is 0 Å². The number of H-pyrrole nitrogens is 1. The van der Waals surface area contributed by atoms with Gasteiger partial charge in [-0.2, -0.15) is 0 Å². The minimum absolute atomic E-state index is 0.0142. The summed E-state index contributed by atoms with van der Waals surface area (Å²) >= 11 is 1.53. The summed E-state index contributed by atoms with van der Waals surface area (Å²) in [7, 11) is 0. The van der Waals surface area contributed by atoms with E-state index in [9.17, 15) is 9.59 Å². The molecule has 0 aliphatic carbocycles. The van der Waals surface area contributed by atoms with Crippen LogP contribution in [0, 0.1) is 0 Å². The number of rotatable bonds is 5. The van der Waals surface area contributed by atoms with Crippen LogP contribution in [0.5, 0.6) is 0 Å². The predicted octanol–water partition coefficient (Wildman–Crippen LogP) is 2.30. The second kappa shape index (κ2) is 7.21. The van der Waals surface area contributed by atoms with Crippen molar-refractivity contribution in [3.05, 3.63) is 66.0 Å². The van der Waals surface area contributed by atoms with E-state index in [-0.39, 0.29) is 24.4 Å². The maximum absolute atomic E-state index is 12.6. The van der Waals surface area contributed by atoms with Crippen molar-refractivity contribution >= 4 is 34.6 Å². The first-order chi connectivity index (χ1) is 12.7. The van der Waals surface area contributed by atoms with E-state index in [2.05, 4.69) is 15.3 Å². The molecule has 1 aromatic heterocycles. The van der Waals surface area contributed by atoms with Crippen molar-refractivity contribution in [1.29, 1.82) is 0 Å². The third kappa shape index (κ3) is 3.43. The van der Waals surface area contributed by atoms with Gasteiger partial charge in [0.2, 0.25) is 11.8 Å². The number of nitrogens with one attached hydrogen (secondary N) is 2. The van der Waals surface area contributed by atoms with Crippen molar-refractivity contribution in [3.63, 3.8) is 0 Å². The van der Waals surface area contributed by atoms with Gasteiger partial charge in [0.15, 0.2) is 0 Å². The molecule has 132 valence electrons. The highest BCUT2D eigenvalue weighted by molar-refractivity contribution is 8.00. The quantitative estimate of drug-likeness (QED) is 0.726. The number of aromatic nitrogens is 2. The first-order valence-corrected chi connectivity index (χ1v) is 9.49. The van der Waals surface area contributed by atoms with Gasteiger partial charge < -0.3 is 15.2 Å². The van der Waals surface area contributed by atoms with E-state index in [1.165, 1.54) is 11.8 Å². The fraction of sp³-hybridized carbons (Fsp3) is 0.211. The molecule has 6 nitrogen and oxygen atoms in total. The molecule has 1 aliphatic heterocycles. The Balaban J connectivity index is 1.60. The maximum atomic E-state index is 12.6. The molecule has 7 heteroatoms. The van der Waals surface area contributed by atoms with E-state index < -0.39 is 0 Å². The van der Waals surface area contributed by atoms with Crippen LogP contribution in [-0.4, -0.2) is 44.9 Å². The molecule has 2 aromatic carbocycles. The number of amides is 2. The number of carbonyl (C=O) groups excluding carboxylic acids is 2. The minimum Gasteiger partial charge on any atom is -0.345 e. The van der Waals surface area contributed by atoms with Crippen LogP contribution in [-0.2, 0) is 9.59 Å². The van der Waals surface area contributed by atoms with Gasteiger partial charge in [-0.15, -0.1) is 11.8 Å². The second-order valence-electron chi connectivity index (χ2n) is 6.16. The molecule has 2 heterocycles. The molecule has 1 fully saturated rings. The van der Waals surface area contributed by atoms with E-state index in [0.29, 0.717) is 11.6 Å². The summed E-state index contributed by atoms with van der Waals surface area (Å²) in [5.74, 6) is 0.869. The van der Waals surface area contributed by atoms with Gasteiger partial charge in [0, 0.05) is 0 Å². The molecule has 0 bridgehead atoms. The zero-order valence-electron chi connectivity index (χ0n) is 14.0. The lowest BCUT2D eigenvalue weighted by Crippen LogP contribution is -2.40. The van der Waals surface area contributed by atoms with E-state index in [0.717, 1.165) is 22.2 Å². The van der Waals surface area contributed by atoms with Crippen LogP contribution in [0.4, 0.5) is 0 Å². The summed E-state index contributed by atoms with van der Waals surface area (Å²) < 4.78 is 0. The number of fused-ring (bicyclic) bond motifs is 1. The molecule has 2 N–H and O–H groups in total. The number of hydrogen-bond acceptors (Lipinski definition) is 4. The van der Waals surface area contributed by atoms with Crippen molar-refractivity contribution in [3.8, 4) is 0 Å². The van der Waals surface area contributed by atoms with Gasteiger partial charge >= 0.3 is 0 Å². The Hall–Kier alpha value is -2.80. The van der Waals surface area contributed by atoms with Gasteiger partial charge in [0.05, 0.1) is 35.0 Å². The molecule has 0 unspecified atom stereocenters. The lowest BCUT2D eigenvalue weighted by Gasteiger charge is -2.22.